The number of guanidine groups is 1. The highest BCUT2D eigenvalue weighted by Gasteiger charge is 1.98. The molecule has 0 aliphatic rings. The SMILES string of the molecule is CCCCOCCOCCNC(=NCc1cccs1)NCC.I. The number of thiophene rings is 1. The summed E-state index contributed by atoms with van der Waals surface area (Å²) in [5, 5.41) is 8.58. The van der Waals surface area contributed by atoms with Gasteiger partial charge in [-0.25, -0.2) is 4.99 Å². The van der Waals surface area contributed by atoms with Crippen molar-refractivity contribution in [1.82, 2.24) is 10.6 Å². The maximum atomic E-state index is 5.52. The van der Waals surface area contributed by atoms with E-state index < -0.39 is 0 Å². The van der Waals surface area contributed by atoms with Crippen LogP contribution < -0.4 is 10.6 Å². The summed E-state index contributed by atoms with van der Waals surface area (Å²) in [5.74, 6) is 0.832. The fourth-order valence-corrected chi connectivity index (χ4v) is 2.34. The predicted octanol–water partition coefficient (Wildman–Crippen LogP) is 3.25. The molecule has 1 aromatic rings. The van der Waals surface area contributed by atoms with Crippen molar-refractivity contribution in [2.75, 3.05) is 39.5 Å². The number of aliphatic imine (C=N–C) groups is 1. The number of unbranched alkanes of at least 4 members (excludes halogenated alkanes) is 1. The molecule has 5 nitrogen and oxygen atoms in total. The highest BCUT2D eigenvalue weighted by atomic mass is 127. The van der Waals surface area contributed by atoms with Crippen LogP contribution in [0, 0.1) is 0 Å². The largest absolute Gasteiger partial charge is 0.379 e. The van der Waals surface area contributed by atoms with Gasteiger partial charge in [-0.1, -0.05) is 19.4 Å². The van der Waals surface area contributed by atoms with Gasteiger partial charge < -0.3 is 20.1 Å². The third kappa shape index (κ3) is 12.7. The van der Waals surface area contributed by atoms with Crippen molar-refractivity contribution in [2.24, 2.45) is 4.99 Å². The van der Waals surface area contributed by atoms with Crippen LogP contribution in [0.25, 0.3) is 0 Å². The Morgan fingerprint density at radius 3 is 2.57 bits per heavy atom. The van der Waals surface area contributed by atoms with Crippen molar-refractivity contribution >= 4 is 41.3 Å². The summed E-state index contributed by atoms with van der Waals surface area (Å²) in [4.78, 5) is 5.81. The lowest BCUT2D eigenvalue weighted by atomic mass is 10.4. The van der Waals surface area contributed by atoms with Gasteiger partial charge in [0.15, 0.2) is 5.96 Å². The van der Waals surface area contributed by atoms with Crippen LogP contribution in [0.1, 0.15) is 31.6 Å². The molecule has 134 valence electrons. The van der Waals surface area contributed by atoms with E-state index in [1.54, 1.807) is 11.3 Å². The van der Waals surface area contributed by atoms with E-state index in [4.69, 9.17) is 9.47 Å². The van der Waals surface area contributed by atoms with Gasteiger partial charge in [0, 0.05) is 24.6 Å². The highest BCUT2D eigenvalue weighted by molar-refractivity contribution is 14.0. The molecule has 0 aromatic carbocycles. The van der Waals surface area contributed by atoms with Gasteiger partial charge in [-0.15, -0.1) is 35.3 Å². The maximum Gasteiger partial charge on any atom is 0.191 e. The summed E-state index contributed by atoms with van der Waals surface area (Å²) >= 11 is 1.72. The topological polar surface area (TPSA) is 54.9 Å². The molecular weight excluding hydrogens is 425 g/mol. The van der Waals surface area contributed by atoms with Gasteiger partial charge in [-0.2, -0.15) is 0 Å². The van der Waals surface area contributed by atoms with Crippen LogP contribution in [0.5, 0.6) is 0 Å². The maximum absolute atomic E-state index is 5.52. The molecule has 1 aromatic heterocycles. The summed E-state index contributed by atoms with van der Waals surface area (Å²) in [6, 6.07) is 4.14. The van der Waals surface area contributed by atoms with Gasteiger partial charge in [0.1, 0.15) is 0 Å². The molecule has 1 rings (SSSR count). The first kappa shape index (κ1) is 22.6. The number of rotatable bonds is 12. The molecule has 0 radical (unpaired) electrons. The van der Waals surface area contributed by atoms with Crippen molar-refractivity contribution in [3.05, 3.63) is 22.4 Å². The third-order valence-corrected chi connectivity index (χ3v) is 3.73. The normalized spacial score (nSPS) is 11.1. The van der Waals surface area contributed by atoms with E-state index in [2.05, 4.69) is 40.9 Å². The van der Waals surface area contributed by atoms with E-state index in [0.29, 0.717) is 26.4 Å². The van der Waals surface area contributed by atoms with E-state index in [0.717, 1.165) is 32.1 Å². The van der Waals surface area contributed by atoms with Crippen molar-refractivity contribution in [2.45, 2.75) is 33.2 Å². The minimum atomic E-state index is 0. The summed E-state index contributed by atoms with van der Waals surface area (Å²) in [6.07, 6.45) is 2.29. The molecule has 0 atom stereocenters. The standard InChI is InChI=1S/C16H29N3O2S.HI/c1-3-5-9-20-11-12-21-10-8-18-16(17-4-2)19-14-15-7-6-13-22-15;/h6-7,13H,3-5,8-12,14H2,1-2H3,(H2,17,18,19);1H. The Hall–Kier alpha value is -0.380. The predicted molar refractivity (Wildman–Crippen MR) is 109 cm³/mol. The lowest BCUT2D eigenvalue weighted by Gasteiger charge is -2.11. The smallest absolute Gasteiger partial charge is 0.191 e. The Balaban J connectivity index is 0.00000484. The molecular formula is C16H30IN3O2S. The summed E-state index contributed by atoms with van der Waals surface area (Å²) < 4.78 is 11.0. The molecule has 23 heavy (non-hydrogen) atoms. The number of hydrogen-bond acceptors (Lipinski definition) is 4. The number of nitrogens with one attached hydrogen (secondary N) is 2. The lowest BCUT2D eigenvalue weighted by molar-refractivity contribution is 0.0487. The molecule has 7 heteroatoms. The van der Waals surface area contributed by atoms with Gasteiger partial charge in [-0.3, -0.25) is 0 Å². The molecule has 0 amide bonds. The molecule has 0 bridgehead atoms. The minimum Gasteiger partial charge on any atom is -0.379 e. The molecule has 0 fully saturated rings. The first-order chi connectivity index (χ1) is 10.9. The second-order valence-electron chi connectivity index (χ2n) is 4.78. The molecule has 0 saturated heterocycles. The van der Waals surface area contributed by atoms with Crippen LogP contribution in [0.4, 0.5) is 0 Å². The Labute approximate surface area is 161 Å². The van der Waals surface area contributed by atoms with E-state index >= 15 is 0 Å². The molecule has 0 unspecified atom stereocenters. The first-order valence-electron chi connectivity index (χ1n) is 8.06. The second-order valence-corrected chi connectivity index (χ2v) is 5.81. The number of hydrogen-bond donors (Lipinski definition) is 2. The Morgan fingerprint density at radius 1 is 1.13 bits per heavy atom. The van der Waals surface area contributed by atoms with Crippen molar-refractivity contribution in [3.8, 4) is 0 Å². The van der Waals surface area contributed by atoms with E-state index in [1.807, 2.05) is 6.07 Å². The zero-order chi connectivity index (χ0) is 15.9. The van der Waals surface area contributed by atoms with E-state index in [-0.39, 0.29) is 24.0 Å². The van der Waals surface area contributed by atoms with Gasteiger partial charge in [0.05, 0.1) is 26.4 Å². The minimum absolute atomic E-state index is 0. The van der Waals surface area contributed by atoms with E-state index in [9.17, 15) is 0 Å². The van der Waals surface area contributed by atoms with Crippen LogP contribution in [-0.4, -0.2) is 45.5 Å². The number of ether oxygens (including phenoxy) is 2. The lowest BCUT2D eigenvalue weighted by Crippen LogP contribution is -2.39. The Bertz CT molecular complexity index is 389. The number of nitrogens with zero attached hydrogens (tertiary/aromatic N) is 1. The van der Waals surface area contributed by atoms with Crippen LogP contribution in [0.2, 0.25) is 0 Å². The fraction of sp³-hybridized carbons (Fsp3) is 0.688. The van der Waals surface area contributed by atoms with Gasteiger partial charge in [-0.05, 0) is 24.8 Å². The van der Waals surface area contributed by atoms with Crippen molar-refractivity contribution in [1.29, 1.82) is 0 Å². The zero-order valence-corrected chi connectivity index (χ0v) is 17.3. The molecule has 1 heterocycles. The first-order valence-corrected chi connectivity index (χ1v) is 8.94. The Morgan fingerprint density at radius 2 is 1.91 bits per heavy atom. The fourth-order valence-electron chi connectivity index (χ4n) is 1.71. The van der Waals surface area contributed by atoms with Crippen molar-refractivity contribution < 1.29 is 9.47 Å². The van der Waals surface area contributed by atoms with Crippen LogP contribution in [0.15, 0.2) is 22.5 Å². The summed E-state index contributed by atoms with van der Waals surface area (Å²) in [6.45, 7) is 9.33. The van der Waals surface area contributed by atoms with Gasteiger partial charge in [0.25, 0.3) is 0 Å². The van der Waals surface area contributed by atoms with Crippen LogP contribution in [-0.2, 0) is 16.0 Å². The summed E-state index contributed by atoms with van der Waals surface area (Å²) in [5.41, 5.74) is 0. The molecule has 0 spiro atoms. The highest BCUT2D eigenvalue weighted by Crippen LogP contribution is 2.09. The molecule has 0 aliphatic heterocycles. The van der Waals surface area contributed by atoms with E-state index in [1.165, 1.54) is 11.3 Å². The second kappa shape index (κ2) is 16.5. The average molecular weight is 455 g/mol. The molecule has 2 N–H and O–H groups in total. The van der Waals surface area contributed by atoms with Gasteiger partial charge in [0.2, 0.25) is 0 Å². The quantitative estimate of drug-likeness (QED) is 0.220. The van der Waals surface area contributed by atoms with Crippen molar-refractivity contribution in [3.63, 3.8) is 0 Å². The number of halogens is 1. The molecule has 0 saturated carbocycles. The third-order valence-electron chi connectivity index (χ3n) is 2.87. The average Bonchev–Trinajstić information content (AvgIpc) is 3.04. The zero-order valence-electron chi connectivity index (χ0n) is 14.2. The van der Waals surface area contributed by atoms with Crippen LogP contribution in [0.3, 0.4) is 0 Å². The molecule has 0 aliphatic carbocycles. The van der Waals surface area contributed by atoms with Crippen LogP contribution >= 0.6 is 35.3 Å². The summed E-state index contributed by atoms with van der Waals surface area (Å²) in [7, 11) is 0. The monoisotopic (exact) mass is 455 g/mol. The Kier molecular flexibility index (Phi) is 16.2. The van der Waals surface area contributed by atoms with Gasteiger partial charge >= 0.3 is 0 Å².